The summed E-state index contributed by atoms with van der Waals surface area (Å²) < 4.78 is 10.3. The van der Waals surface area contributed by atoms with Gasteiger partial charge in [-0.1, -0.05) is 127 Å². The Morgan fingerprint density at radius 2 is 0.978 bits per heavy atom. The number of rotatable bonds is 11. The Balaban J connectivity index is 1.46. The average Bonchev–Trinajstić information content (AvgIpc) is 3.10. The van der Waals surface area contributed by atoms with Crippen LogP contribution in [0.2, 0.25) is 0 Å². The fourth-order valence-corrected chi connectivity index (χ4v) is 4.50. The Bertz CT molecular complexity index is 1800. The van der Waals surface area contributed by atoms with Crippen LogP contribution in [0, 0.1) is 22.7 Å². The standard InChI is InChI=1S/C38H30N4O4/c39-25-31(21-22-32(27-13-5-1-6-14-27)28-15-7-2-8-16-28)37(43)45-23-24-46-38(44)33(26-40)35(41)36(42)34(29-17-9-3-10-18-29)30-19-11-4-12-20-30/h1-22H,23-24,41-42H2/b31-21-,35-33+. The Morgan fingerprint density at radius 1 is 0.565 bits per heavy atom. The van der Waals surface area contributed by atoms with Crippen molar-refractivity contribution in [1.82, 2.24) is 0 Å². The van der Waals surface area contributed by atoms with E-state index in [0.29, 0.717) is 5.57 Å². The lowest BCUT2D eigenvalue weighted by atomic mass is 9.94. The average molecular weight is 607 g/mol. The van der Waals surface area contributed by atoms with Crippen LogP contribution in [0.4, 0.5) is 0 Å². The highest BCUT2D eigenvalue weighted by Crippen LogP contribution is 2.28. The molecule has 0 saturated heterocycles. The van der Waals surface area contributed by atoms with Gasteiger partial charge in [0.2, 0.25) is 0 Å². The SMILES string of the molecule is N#C/C(=C/C=C(c1ccccc1)c1ccccc1)C(=O)OCCOC(=O)/C(C#N)=C(/N)C(N)=C(c1ccccc1)c1ccccc1. The van der Waals surface area contributed by atoms with Crippen LogP contribution in [0.25, 0.3) is 11.1 Å². The van der Waals surface area contributed by atoms with Crippen LogP contribution >= 0.6 is 0 Å². The molecule has 4 aromatic carbocycles. The van der Waals surface area contributed by atoms with Crippen LogP contribution in [0.3, 0.4) is 0 Å². The summed E-state index contributed by atoms with van der Waals surface area (Å²) in [6, 6.07) is 41.1. The van der Waals surface area contributed by atoms with Crippen LogP contribution in [-0.2, 0) is 19.1 Å². The molecule has 4 aromatic rings. The number of nitrogens with two attached hydrogens (primary N) is 2. The molecule has 46 heavy (non-hydrogen) atoms. The van der Waals surface area contributed by atoms with Gasteiger partial charge in [0.15, 0.2) is 5.57 Å². The predicted octanol–water partition coefficient (Wildman–Crippen LogP) is 5.81. The quantitative estimate of drug-likeness (QED) is 0.0713. The molecule has 0 aromatic heterocycles. The molecule has 0 heterocycles. The molecule has 0 aliphatic rings. The minimum absolute atomic E-state index is 0.0274. The van der Waals surface area contributed by atoms with Crippen molar-refractivity contribution in [3.05, 3.63) is 178 Å². The summed E-state index contributed by atoms with van der Waals surface area (Å²) in [5.41, 5.74) is 16.3. The summed E-state index contributed by atoms with van der Waals surface area (Å²) in [6.07, 6.45) is 3.06. The first kappa shape index (κ1) is 32.3. The second-order valence-electron chi connectivity index (χ2n) is 9.70. The first-order valence-corrected chi connectivity index (χ1v) is 14.2. The number of ether oxygens (including phenoxy) is 2. The molecule has 0 unspecified atom stereocenters. The molecular weight excluding hydrogens is 576 g/mol. The summed E-state index contributed by atoms with van der Waals surface area (Å²) in [6.45, 7) is -0.745. The molecular formula is C38H30N4O4. The van der Waals surface area contributed by atoms with Crippen molar-refractivity contribution in [1.29, 1.82) is 10.5 Å². The molecule has 8 nitrogen and oxygen atoms in total. The van der Waals surface area contributed by atoms with E-state index in [4.69, 9.17) is 20.9 Å². The summed E-state index contributed by atoms with van der Waals surface area (Å²) in [5, 5.41) is 19.4. The number of esters is 2. The van der Waals surface area contributed by atoms with E-state index in [-0.39, 0.29) is 30.2 Å². The van der Waals surface area contributed by atoms with E-state index in [0.717, 1.165) is 27.8 Å². The maximum absolute atomic E-state index is 12.8. The van der Waals surface area contributed by atoms with Crippen molar-refractivity contribution >= 4 is 23.1 Å². The fourth-order valence-electron chi connectivity index (χ4n) is 4.50. The smallest absolute Gasteiger partial charge is 0.351 e. The highest BCUT2D eigenvalue weighted by Gasteiger charge is 2.21. The topological polar surface area (TPSA) is 152 Å². The molecule has 0 aliphatic heterocycles. The molecule has 4 N–H and O–H groups in total. The van der Waals surface area contributed by atoms with Crippen molar-refractivity contribution in [3.63, 3.8) is 0 Å². The Hall–Kier alpha value is -6.64. The van der Waals surface area contributed by atoms with Gasteiger partial charge in [-0.15, -0.1) is 0 Å². The normalized spacial score (nSPS) is 11.1. The number of nitrogens with zero attached hydrogens (tertiary/aromatic N) is 2. The number of hydrogen-bond donors (Lipinski definition) is 2. The van der Waals surface area contributed by atoms with Gasteiger partial charge in [0.05, 0.1) is 11.4 Å². The number of carbonyl (C=O) groups excluding carboxylic acids is 2. The molecule has 0 fully saturated rings. The van der Waals surface area contributed by atoms with Crippen molar-refractivity contribution in [3.8, 4) is 12.1 Å². The third-order valence-electron chi connectivity index (χ3n) is 6.75. The number of allylic oxidation sites excluding steroid dienone is 2. The van der Waals surface area contributed by atoms with Crippen LogP contribution in [0.5, 0.6) is 0 Å². The highest BCUT2D eigenvalue weighted by atomic mass is 16.6. The second kappa shape index (κ2) is 16.3. The van der Waals surface area contributed by atoms with Gasteiger partial charge in [0.1, 0.15) is 30.9 Å². The van der Waals surface area contributed by atoms with Crippen molar-refractivity contribution < 1.29 is 19.1 Å². The predicted molar refractivity (Wildman–Crippen MR) is 175 cm³/mol. The van der Waals surface area contributed by atoms with Gasteiger partial charge in [0.25, 0.3) is 0 Å². The molecule has 0 saturated carbocycles. The molecule has 0 bridgehead atoms. The van der Waals surface area contributed by atoms with Crippen LogP contribution < -0.4 is 11.5 Å². The third kappa shape index (κ3) is 8.25. The van der Waals surface area contributed by atoms with E-state index >= 15 is 0 Å². The first-order valence-electron chi connectivity index (χ1n) is 14.2. The van der Waals surface area contributed by atoms with Crippen molar-refractivity contribution in [2.24, 2.45) is 11.5 Å². The van der Waals surface area contributed by atoms with Crippen LogP contribution in [0.15, 0.2) is 156 Å². The number of carbonyl (C=O) groups is 2. The Kier molecular flexibility index (Phi) is 11.4. The molecule has 226 valence electrons. The largest absolute Gasteiger partial charge is 0.458 e. The van der Waals surface area contributed by atoms with E-state index in [9.17, 15) is 20.1 Å². The van der Waals surface area contributed by atoms with E-state index < -0.39 is 17.5 Å². The zero-order valence-electron chi connectivity index (χ0n) is 24.8. The summed E-state index contributed by atoms with van der Waals surface area (Å²) >= 11 is 0. The number of hydrogen-bond acceptors (Lipinski definition) is 8. The van der Waals surface area contributed by atoms with Gasteiger partial charge in [-0.05, 0) is 33.9 Å². The molecule has 0 aliphatic carbocycles. The number of benzene rings is 4. The minimum atomic E-state index is -1.03. The van der Waals surface area contributed by atoms with E-state index in [1.807, 2.05) is 127 Å². The maximum atomic E-state index is 12.8. The van der Waals surface area contributed by atoms with Gasteiger partial charge < -0.3 is 20.9 Å². The fraction of sp³-hybridized carbons (Fsp3) is 0.0526. The zero-order chi connectivity index (χ0) is 32.7. The first-order chi connectivity index (χ1) is 22.4. The second-order valence-corrected chi connectivity index (χ2v) is 9.70. The van der Waals surface area contributed by atoms with Crippen LogP contribution in [-0.4, -0.2) is 25.2 Å². The highest BCUT2D eigenvalue weighted by molar-refractivity contribution is 5.96. The molecule has 0 atom stereocenters. The lowest BCUT2D eigenvalue weighted by Gasteiger charge is -2.14. The van der Waals surface area contributed by atoms with E-state index in [1.54, 1.807) is 12.1 Å². The summed E-state index contributed by atoms with van der Waals surface area (Å²) in [7, 11) is 0. The molecule has 4 rings (SSSR count). The van der Waals surface area contributed by atoms with Gasteiger partial charge in [-0.2, -0.15) is 10.5 Å². The molecule has 8 heteroatoms. The van der Waals surface area contributed by atoms with Crippen LogP contribution in [0.1, 0.15) is 22.3 Å². The number of nitriles is 2. The zero-order valence-corrected chi connectivity index (χ0v) is 24.8. The lowest BCUT2D eigenvalue weighted by Crippen LogP contribution is -2.21. The van der Waals surface area contributed by atoms with E-state index in [1.165, 1.54) is 6.08 Å². The summed E-state index contributed by atoms with van der Waals surface area (Å²) in [4.78, 5) is 25.5. The molecule has 0 amide bonds. The summed E-state index contributed by atoms with van der Waals surface area (Å²) in [5.74, 6) is -1.93. The maximum Gasteiger partial charge on any atom is 0.351 e. The third-order valence-corrected chi connectivity index (χ3v) is 6.75. The molecule has 0 radical (unpaired) electrons. The minimum Gasteiger partial charge on any atom is -0.458 e. The monoisotopic (exact) mass is 606 g/mol. The Labute approximate surface area is 267 Å². The van der Waals surface area contributed by atoms with Crippen molar-refractivity contribution in [2.75, 3.05) is 13.2 Å². The van der Waals surface area contributed by atoms with Gasteiger partial charge in [0, 0.05) is 5.57 Å². The van der Waals surface area contributed by atoms with Gasteiger partial charge in [-0.3, -0.25) is 0 Å². The Morgan fingerprint density at radius 3 is 1.39 bits per heavy atom. The van der Waals surface area contributed by atoms with E-state index in [2.05, 4.69) is 0 Å². The van der Waals surface area contributed by atoms with Gasteiger partial charge in [-0.25, -0.2) is 9.59 Å². The van der Waals surface area contributed by atoms with Crippen molar-refractivity contribution in [2.45, 2.75) is 0 Å². The lowest BCUT2D eigenvalue weighted by molar-refractivity contribution is -0.146. The van der Waals surface area contributed by atoms with Gasteiger partial charge >= 0.3 is 11.9 Å². The molecule has 0 spiro atoms.